The van der Waals surface area contributed by atoms with E-state index in [4.69, 9.17) is 0 Å². The molecule has 6 heteroatoms. The number of hydrogen-bond acceptors (Lipinski definition) is 4. The van der Waals surface area contributed by atoms with Crippen molar-refractivity contribution < 1.29 is 60.3 Å². The van der Waals surface area contributed by atoms with E-state index >= 15 is 0 Å². The summed E-state index contributed by atoms with van der Waals surface area (Å²) < 4.78 is 13.8. The maximum absolute atomic E-state index is 13.8. The zero-order valence-electron chi connectivity index (χ0n) is 46.1. The molecule has 1 radical (unpaired) electrons. The van der Waals surface area contributed by atoms with Crippen molar-refractivity contribution in [2.45, 2.75) is 178 Å². The molecule has 69 heavy (non-hydrogen) atoms. The van der Waals surface area contributed by atoms with Crippen molar-refractivity contribution in [3.05, 3.63) is 177 Å². The first-order valence-corrected chi connectivity index (χ1v) is 25.9. The molecule has 6 aromatic carbocycles. The van der Waals surface area contributed by atoms with Gasteiger partial charge in [-0.1, -0.05) is 269 Å². The molecule has 0 heterocycles. The molecule has 0 bridgehead atoms. The molecule has 0 fully saturated rings. The third-order valence-electron chi connectivity index (χ3n) is 11.9. The largest absolute Gasteiger partial charge is 3.00 e. The van der Waals surface area contributed by atoms with Crippen molar-refractivity contribution in [2.75, 3.05) is 0 Å². The minimum absolute atomic E-state index is 0. The molecule has 0 aliphatic rings. The smallest absolute Gasteiger partial charge is 0.872 e. The molecule has 0 aromatic heterocycles. The second kappa shape index (κ2) is 23.7. The molecule has 0 aliphatic heterocycles. The van der Waals surface area contributed by atoms with Crippen LogP contribution in [0, 0.1) is 61.2 Å². The fourth-order valence-corrected chi connectivity index (χ4v) is 10.7. The molecule has 0 saturated heterocycles. The van der Waals surface area contributed by atoms with Gasteiger partial charge < -0.3 is 19.9 Å². The third-order valence-corrected chi connectivity index (χ3v) is 15.0. The fraction of sp³-hybridized carbons (Fsp3) is 0.429. The van der Waals surface area contributed by atoms with Gasteiger partial charge in [-0.15, -0.1) is 17.2 Å². The summed E-state index contributed by atoms with van der Waals surface area (Å²) in [6, 6.07) is 41.3. The summed E-state index contributed by atoms with van der Waals surface area (Å²) in [6.07, 6.45) is 0. The van der Waals surface area contributed by atoms with E-state index in [1.807, 2.05) is 127 Å². The van der Waals surface area contributed by atoms with Gasteiger partial charge in [-0.25, -0.2) is 0 Å². The Morgan fingerprint density at radius 2 is 0.449 bits per heavy atom. The Labute approximate surface area is 452 Å². The van der Waals surface area contributed by atoms with E-state index in [1.54, 1.807) is 0 Å². The average Bonchev–Trinajstić information content (AvgIpc) is 3.22. The summed E-state index contributed by atoms with van der Waals surface area (Å²) in [5, 5.41) is 39.9. The van der Waals surface area contributed by atoms with Gasteiger partial charge in [0.2, 0.25) is 0 Å². The number of aryl methyl sites for hydroxylation is 3. The molecule has 0 amide bonds. The normalized spacial score (nSPS) is 12.2. The number of benzene rings is 6. The van der Waals surface area contributed by atoms with Gasteiger partial charge in [0.05, 0.1) is 0 Å². The molecule has 6 rings (SSSR count). The van der Waals surface area contributed by atoms with Gasteiger partial charge >= 0.3 is 40.4 Å². The van der Waals surface area contributed by atoms with E-state index in [0.29, 0.717) is 0 Å². The standard InChI is InChI=1S/C18H15OP.3C15H24O.Sm/c19-20(16-10-4-1-5-11-16,17-12-6-2-7-13-17)18-14-8-3-9-15-18;3*1-10-8-11(14(2,3)4)13(16)12(9-10)15(5,6)7;/h1-15H;3*8-9,16H,1-7H3;/q;;;;+3/p-3. The summed E-state index contributed by atoms with van der Waals surface area (Å²) in [5.74, 6) is 0.641. The predicted octanol–water partition coefficient (Wildman–Crippen LogP) is 14.3. The zero-order valence-corrected chi connectivity index (χ0v) is 49.6. The minimum atomic E-state index is -2.78. The minimum Gasteiger partial charge on any atom is -0.872 e. The van der Waals surface area contributed by atoms with Gasteiger partial charge in [0, 0.05) is 15.9 Å². The first kappa shape index (κ1) is 61.4. The van der Waals surface area contributed by atoms with Crippen LogP contribution in [0.25, 0.3) is 0 Å². The molecule has 6 aromatic rings. The monoisotopic (exact) mass is 1090 g/mol. The van der Waals surface area contributed by atoms with E-state index in [9.17, 15) is 19.9 Å². The van der Waals surface area contributed by atoms with Crippen LogP contribution in [0.4, 0.5) is 0 Å². The Kier molecular flexibility index (Phi) is 21.1. The van der Waals surface area contributed by atoms with E-state index < -0.39 is 7.14 Å². The number of hydrogen-bond donors (Lipinski definition) is 0. The van der Waals surface area contributed by atoms with Gasteiger partial charge in [-0.3, -0.25) is 0 Å². The van der Waals surface area contributed by atoms with Crippen LogP contribution in [0.3, 0.4) is 0 Å². The summed E-state index contributed by atoms with van der Waals surface area (Å²) in [6.45, 7) is 43.8. The van der Waals surface area contributed by atoms with Crippen LogP contribution < -0.4 is 31.2 Å². The summed E-state index contributed by atoms with van der Waals surface area (Å²) in [7, 11) is -2.78. The summed E-state index contributed by atoms with van der Waals surface area (Å²) >= 11 is 0. The maximum Gasteiger partial charge on any atom is 3.00 e. The second-order valence-electron chi connectivity index (χ2n) is 24.7. The Bertz CT molecular complexity index is 2230. The summed E-state index contributed by atoms with van der Waals surface area (Å²) in [4.78, 5) is 0. The molecule has 0 atom stereocenters. The van der Waals surface area contributed by atoms with Gasteiger partial charge in [0.25, 0.3) is 0 Å². The maximum atomic E-state index is 13.8. The van der Waals surface area contributed by atoms with E-state index in [2.05, 4.69) is 145 Å². The van der Waals surface area contributed by atoms with Gasteiger partial charge in [0.1, 0.15) is 0 Å². The molecule has 0 unspecified atom stereocenters. The Hall–Kier alpha value is -3.71. The topological polar surface area (TPSA) is 86.2 Å². The Balaban J connectivity index is 0.000000316. The second-order valence-corrected chi connectivity index (χ2v) is 27.5. The van der Waals surface area contributed by atoms with Crippen molar-refractivity contribution >= 4 is 23.1 Å². The van der Waals surface area contributed by atoms with E-state index in [0.717, 1.165) is 49.3 Å². The van der Waals surface area contributed by atoms with Crippen LogP contribution in [-0.2, 0) is 37.1 Å². The van der Waals surface area contributed by atoms with E-state index in [1.165, 1.54) is 16.7 Å². The van der Waals surface area contributed by atoms with Crippen molar-refractivity contribution in [1.29, 1.82) is 0 Å². The molecule has 0 spiro atoms. The predicted molar refractivity (Wildman–Crippen MR) is 290 cm³/mol. The van der Waals surface area contributed by atoms with Crippen molar-refractivity contribution in [2.24, 2.45) is 0 Å². The molecule has 371 valence electrons. The van der Waals surface area contributed by atoms with Crippen LogP contribution in [-0.4, -0.2) is 0 Å². The molecular weight excluding hydrogens is 1000 g/mol. The fourth-order valence-electron chi connectivity index (χ4n) is 8.02. The third kappa shape index (κ3) is 16.7. The zero-order chi connectivity index (χ0) is 52.0. The van der Waals surface area contributed by atoms with Gasteiger partial charge in [-0.2, -0.15) is 0 Å². The molecule has 0 N–H and O–H groups in total. The molecule has 4 nitrogen and oxygen atoms in total. The van der Waals surface area contributed by atoms with Gasteiger partial charge in [-0.05, 0) is 86.6 Å². The van der Waals surface area contributed by atoms with Gasteiger partial charge in [0.15, 0.2) is 7.14 Å². The molecule has 0 aliphatic carbocycles. The Morgan fingerprint density at radius 1 is 0.304 bits per heavy atom. The quantitative estimate of drug-likeness (QED) is 0.165. The SMILES string of the molecule is Cc1cc(C(C)(C)C)c([O-])c(C(C)(C)C)c1.Cc1cc(C(C)(C)C)c([O-])c(C(C)(C)C)c1.Cc1cc(C(C)(C)C)c([O-])c(C(C)(C)C)c1.O=P(c1ccccc1)(c1ccccc1)c1ccccc1.[Sm+3]. The van der Waals surface area contributed by atoms with E-state index in [-0.39, 0.29) is 90.1 Å². The first-order chi connectivity index (χ1) is 30.9. The van der Waals surface area contributed by atoms with Crippen LogP contribution in [0.5, 0.6) is 17.2 Å². The van der Waals surface area contributed by atoms with Crippen molar-refractivity contribution in [1.82, 2.24) is 0 Å². The summed E-state index contributed by atoms with van der Waals surface area (Å²) in [5.41, 5.74) is 8.61. The van der Waals surface area contributed by atoms with Crippen molar-refractivity contribution in [3.63, 3.8) is 0 Å². The molecular formula is C63H84O4PSm. The molecule has 0 saturated carbocycles. The Morgan fingerprint density at radius 3 is 0.580 bits per heavy atom. The van der Waals surface area contributed by atoms with Crippen molar-refractivity contribution in [3.8, 4) is 17.2 Å². The van der Waals surface area contributed by atoms with Crippen LogP contribution in [0.1, 0.15) is 175 Å². The van der Waals surface area contributed by atoms with Crippen LogP contribution in [0.2, 0.25) is 0 Å². The van der Waals surface area contributed by atoms with Crippen LogP contribution in [0.15, 0.2) is 127 Å². The van der Waals surface area contributed by atoms with Crippen LogP contribution >= 0.6 is 7.14 Å². The average molecular weight is 1090 g/mol. The number of rotatable bonds is 3. The first-order valence-electron chi connectivity index (χ1n) is 24.2.